The van der Waals surface area contributed by atoms with E-state index in [0.717, 1.165) is 6.42 Å². The van der Waals surface area contributed by atoms with E-state index in [2.05, 4.69) is 20.6 Å². The van der Waals surface area contributed by atoms with Crippen LogP contribution in [0.1, 0.15) is 46.2 Å². The molecule has 0 bridgehead atoms. The number of nitrogens with zero attached hydrogens (tertiary/aromatic N) is 1. The summed E-state index contributed by atoms with van der Waals surface area (Å²) in [5.74, 6) is -2.02. The molecule has 1 heterocycles. The molecule has 1 aromatic heterocycles. The van der Waals surface area contributed by atoms with E-state index in [-0.39, 0.29) is 18.3 Å². The number of aromatic nitrogens is 2. The molecule has 27 heavy (non-hydrogen) atoms. The number of carboxylic acids is 1. The normalized spacial score (nSPS) is 15.6. The number of aromatic amines is 1. The molecular weight excluding hydrogens is 350 g/mol. The minimum Gasteiger partial charge on any atom is -0.480 e. The minimum atomic E-state index is -1.16. The van der Waals surface area contributed by atoms with Crippen LogP contribution in [-0.2, 0) is 20.8 Å². The van der Waals surface area contributed by atoms with Gasteiger partial charge in [0, 0.05) is 18.3 Å². The van der Waals surface area contributed by atoms with Gasteiger partial charge in [-0.2, -0.15) is 0 Å². The molecule has 0 unspecified atom stereocenters. The Morgan fingerprint density at radius 2 is 1.81 bits per heavy atom. The summed E-state index contributed by atoms with van der Waals surface area (Å²) in [5.41, 5.74) is 6.53. The highest BCUT2D eigenvalue weighted by Crippen LogP contribution is 2.09. The Labute approximate surface area is 159 Å². The molecule has 1 rings (SSSR count). The summed E-state index contributed by atoms with van der Waals surface area (Å²) in [7, 11) is 0. The summed E-state index contributed by atoms with van der Waals surface area (Å²) in [5, 5.41) is 14.6. The average molecular weight is 381 g/mol. The van der Waals surface area contributed by atoms with Gasteiger partial charge in [-0.1, -0.05) is 34.1 Å². The van der Waals surface area contributed by atoms with Crippen molar-refractivity contribution in [2.75, 3.05) is 0 Å². The highest BCUT2D eigenvalue weighted by Gasteiger charge is 2.29. The maximum absolute atomic E-state index is 12.7. The fourth-order valence-corrected chi connectivity index (χ4v) is 2.57. The van der Waals surface area contributed by atoms with Crippen molar-refractivity contribution in [3.05, 3.63) is 18.2 Å². The van der Waals surface area contributed by atoms with Crippen molar-refractivity contribution >= 4 is 17.8 Å². The maximum Gasteiger partial charge on any atom is 0.326 e. The lowest BCUT2D eigenvalue weighted by molar-refractivity contribution is -0.142. The van der Waals surface area contributed by atoms with Crippen molar-refractivity contribution in [3.63, 3.8) is 0 Å². The molecule has 2 amide bonds. The van der Waals surface area contributed by atoms with Crippen LogP contribution < -0.4 is 16.4 Å². The molecular formula is C18H31N5O4. The second kappa shape index (κ2) is 10.7. The van der Waals surface area contributed by atoms with Crippen LogP contribution in [0.2, 0.25) is 0 Å². The van der Waals surface area contributed by atoms with Gasteiger partial charge in [0.05, 0.1) is 12.4 Å². The maximum atomic E-state index is 12.7. The van der Waals surface area contributed by atoms with E-state index in [9.17, 15) is 19.5 Å². The van der Waals surface area contributed by atoms with Gasteiger partial charge in [-0.3, -0.25) is 9.59 Å². The molecule has 6 N–H and O–H groups in total. The molecule has 9 nitrogen and oxygen atoms in total. The van der Waals surface area contributed by atoms with Gasteiger partial charge in [-0.25, -0.2) is 9.78 Å². The van der Waals surface area contributed by atoms with Crippen LogP contribution in [0.3, 0.4) is 0 Å². The van der Waals surface area contributed by atoms with Crippen LogP contribution in [0.5, 0.6) is 0 Å². The number of nitrogens with two attached hydrogens (primary N) is 1. The molecule has 0 saturated heterocycles. The number of aliphatic carboxylic acids is 1. The Morgan fingerprint density at radius 3 is 2.30 bits per heavy atom. The molecule has 0 aliphatic heterocycles. The van der Waals surface area contributed by atoms with Crippen molar-refractivity contribution in [3.8, 4) is 0 Å². The Bertz CT molecular complexity index is 617. The standard InChI is InChI=1S/C18H31N5O4/c1-5-11(4)15(19)17(25)22-13(6-10(2)3)16(24)23-14(18(26)27)7-12-8-20-9-21-12/h8-11,13-15H,5-7,19H2,1-4H3,(H,20,21)(H,22,25)(H,23,24)(H,26,27)/t11-,13-,14-,15-/m0/s1. The number of hydrogen-bond donors (Lipinski definition) is 5. The summed E-state index contributed by atoms with van der Waals surface area (Å²) >= 11 is 0. The molecule has 0 aliphatic rings. The SMILES string of the molecule is CC[C@H](C)[C@H](N)C(=O)N[C@@H](CC(C)C)C(=O)N[C@@H](Cc1cnc[nH]1)C(=O)O. The fourth-order valence-electron chi connectivity index (χ4n) is 2.57. The van der Waals surface area contributed by atoms with Gasteiger partial charge in [-0.05, 0) is 18.3 Å². The number of nitrogens with one attached hydrogen (secondary N) is 3. The fraction of sp³-hybridized carbons (Fsp3) is 0.667. The van der Waals surface area contributed by atoms with Crippen LogP contribution in [0, 0.1) is 11.8 Å². The molecule has 0 fully saturated rings. The molecule has 1 aromatic rings. The zero-order valence-corrected chi connectivity index (χ0v) is 16.4. The van der Waals surface area contributed by atoms with E-state index in [4.69, 9.17) is 5.73 Å². The summed E-state index contributed by atoms with van der Waals surface area (Å²) in [6.07, 6.45) is 4.12. The lowest BCUT2D eigenvalue weighted by Gasteiger charge is -2.25. The van der Waals surface area contributed by atoms with Crippen molar-refractivity contribution in [2.24, 2.45) is 17.6 Å². The lowest BCUT2D eigenvalue weighted by atomic mass is 9.97. The summed E-state index contributed by atoms with van der Waals surface area (Å²) in [6, 6.07) is -2.71. The average Bonchev–Trinajstić information content (AvgIpc) is 3.11. The van der Waals surface area contributed by atoms with Gasteiger partial charge in [0.15, 0.2) is 0 Å². The number of amides is 2. The predicted molar refractivity (Wildman–Crippen MR) is 101 cm³/mol. The number of carbonyl (C=O) groups is 3. The van der Waals surface area contributed by atoms with Crippen LogP contribution >= 0.6 is 0 Å². The first-order valence-corrected chi connectivity index (χ1v) is 9.22. The van der Waals surface area contributed by atoms with Crippen molar-refractivity contribution < 1.29 is 19.5 Å². The third kappa shape index (κ3) is 7.38. The zero-order chi connectivity index (χ0) is 20.6. The van der Waals surface area contributed by atoms with Crippen molar-refractivity contribution in [1.82, 2.24) is 20.6 Å². The van der Waals surface area contributed by atoms with E-state index >= 15 is 0 Å². The second-order valence-electron chi connectivity index (χ2n) is 7.28. The van der Waals surface area contributed by atoms with E-state index in [1.165, 1.54) is 12.5 Å². The first-order valence-electron chi connectivity index (χ1n) is 9.22. The monoisotopic (exact) mass is 381 g/mol. The van der Waals surface area contributed by atoms with Gasteiger partial charge in [0.25, 0.3) is 0 Å². The van der Waals surface area contributed by atoms with Gasteiger partial charge in [0.2, 0.25) is 11.8 Å². The highest BCUT2D eigenvalue weighted by molar-refractivity contribution is 5.91. The second-order valence-corrected chi connectivity index (χ2v) is 7.28. The summed E-state index contributed by atoms with van der Waals surface area (Å²) in [6.45, 7) is 7.64. The smallest absolute Gasteiger partial charge is 0.326 e. The van der Waals surface area contributed by atoms with E-state index in [1.807, 2.05) is 27.7 Å². The number of hydrogen-bond acceptors (Lipinski definition) is 5. The lowest BCUT2D eigenvalue weighted by Crippen LogP contribution is -2.56. The Kier molecular flexibility index (Phi) is 8.93. The summed E-state index contributed by atoms with van der Waals surface area (Å²) < 4.78 is 0. The molecule has 0 aromatic carbocycles. The number of carboxylic acid groups (broad SMARTS) is 1. The third-order valence-corrected chi connectivity index (χ3v) is 4.49. The van der Waals surface area contributed by atoms with Crippen LogP contribution in [-0.4, -0.2) is 51.0 Å². The largest absolute Gasteiger partial charge is 0.480 e. The van der Waals surface area contributed by atoms with Gasteiger partial charge in [0.1, 0.15) is 12.1 Å². The Balaban J connectivity index is 2.83. The molecule has 0 radical (unpaired) electrons. The van der Waals surface area contributed by atoms with Crippen molar-refractivity contribution in [2.45, 2.75) is 65.1 Å². The topological polar surface area (TPSA) is 150 Å². The first-order chi connectivity index (χ1) is 12.6. The number of rotatable bonds is 11. The Hall–Kier alpha value is -2.42. The Morgan fingerprint density at radius 1 is 1.19 bits per heavy atom. The molecule has 4 atom stereocenters. The molecule has 0 aliphatic carbocycles. The van der Waals surface area contributed by atoms with E-state index in [0.29, 0.717) is 12.1 Å². The van der Waals surface area contributed by atoms with Crippen molar-refractivity contribution in [1.29, 1.82) is 0 Å². The molecule has 9 heteroatoms. The van der Waals surface area contributed by atoms with Gasteiger partial charge < -0.3 is 26.5 Å². The quantitative estimate of drug-likeness (QED) is 0.375. The molecule has 0 spiro atoms. The number of carbonyl (C=O) groups excluding carboxylic acids is 2. The first kappa shape index (κ1) is 22.6. The van der Waals surface area contributed by atoms with Gasteiger partial charge >= 0.3 is 5.97 Å². The third-order valence-electron chi connectivity index (χ3n) is 4.49. The predicted octanol–water partition coefficient (Wildman–Crippen LogP) is 0.426. The highest BCUT2D eigenvalue weighted by atomic mass is 16.4. The molecule has 0 saturated carbocycles. The van der Waals surface area contributed by atoms with Crippen LogP contribution in [0.15, 0.2) is 12.5 Å². The van der Waals surface area contributed by atoms with E-state index in [1.54, 1.807) is 0 Å². The zero-order valence-electron chi connectivity index (χ0n) is 16.4. The number of imidazole rings is 1. The van der Waals surface area contributed by atoms with Gasteiger partial charge in [-0.15, -0.1) is 0 Å². The minimum absolute atomic E-state index is 0.0279. The summed E-state index contributed by atoms with van der Waals surface area (Å²) in [4.78, 5) is 43.2. The van der Waals surface area contributed by atoms with Crippen LogP contribution in [0.4, 0.5) is 0 Å². The molecule has 152 valence electrons. The van der Waals surface area contributed by atoms with Crippen LogP contribution in [0.25, 0.3) is 0 Å². The van der Waals surface area contributed by atoms with E-state index < -0.39 is 35.9 Å². The number of H-pyrrole nitrogens is 1.